The predicted octanol–water partition coefficient (Wildman–Crippen LogP) is 0.682. The Balaban J connectivity index is 2.26. The fourth-order valence-corrected chi connectivity index (χ4v) is 2.62. The van der Waals surface area contributed by atoms with Gasteiger partial charge in [0.1, 0.15) is 0 Å². The number of hydrogen-bond acceptors (Lipinski definition) is 3. The van der Waals surface area contributed by atoms with E-state index in [2.05, 4.69) is 4.74 Å². The molecule has 0 aromatic rings. The van der Waals surface area contributed by atoms with Gasteiger partial charge >= 0.3 is 11.9 Å². The second-order valence-electron chi connectivity index (χ2n) is 3.86. The van der Waals surface area contributed by atoms with E-state index in [9.17, 15) is 9.59 Å². The summed E-state index contributed by atoms with van der Waals surface area (Å²) in [5.74, 6) is -2.27. The van der Waals surface area contributed by atoms with Crippen molar-refractivity contribution in [2.45, 2.75) is 6.42 Å². The molecule has 4 heteroatoms. The van der Waals surface area contributed by atoms with Gasteiger partial charge in [-0.25, -0.2) is 0 Å². The average molecular weight is 196 g/mol. The van der Waals surface area contributed by atoms with Crippen molar-refractivity contribution in [2.75, 3.05) is 7.11 Å². The first-order valence-corrected chi connectivity index (χ1v) is 4.64. The summed E-state index contributed by atoms with van der Waals surface area (Å²) in [6.07, 6.45) is 4.62. The lowest BCUT2D eigenvalue weighted by Crippen LogP contribution is -2.33. The molecule has 76 valence electrons. The number of aliphatic carboxylic acids is 1. The van der Waals surface area contributed by atoms with E-state index in [0.717, 1.165) is 6.42 Å². The molecule has 4 nitrogen and oxygen atoms in total. The van der Waals surface area contributed by atoms with E-state index in [1.54, 1.807) is 0 Å². The highest BCUT2D eigenvalue weighted by Crippen LogP contribution is 2.48. The van der Waals surface area contributed by atoms with Gasteiger partial charge in [0.25, 0.3) is 0 Å². The molecule has 0 saturated heterocycles. The van der Waals surface area contributed by atoms with Crippen LogP contribution in [0, 0.1) is 23.7 Å². The zero-order valence-corrected chi connectivity index (χ0v) is 7.84. The molecule has 2 bridgehead atoms. The number of carbonyl (C=O) groups is 2. The van der Waals surface area contributed by atoms with Gasteiger partial charge < -0.3 is 9.84 Å². The van der Waals surface area contributed by atoms with E-state index in [0.29, 0.717) is 0 Å². The summed E-state index contributed by atoms with van der Waals surface area (Å²) in [5, 5.41) is 9.01. The molecule has 1 N–H and O–H groups in total. The molecule has 1 fully saturated rings. The van der Waals surface area contributed by atoms with Crippen molar-refractivity contribution in [1.82, 2.24) is 0 Å². The molecule has 2 aliphatic carbocycles. The van der Waals surface area contributed by atoms with Crippen molar-refractivity contribution in [3.8, 4) is 0 Å². The molecule has 14 heavy (non-hydrogen) atoms. The molecule has 0 amide bonds. The first-order chi connectivity index (χ1) is 6.65. The number of carbonyl (C=O) groups excluding carboxylic acids is 1. The molecule has 0 aliphatic heterocycles. The van der Waals surface area contributed by atoms with Crippen LogP contribution in [0.25, 0.3) is 0 Å². The van der Waals surface area contributed by atoms with Gasteiger partial charge in [-0.05, 0) is 18.3 Å². The Kier molecular flexibility index (Phi) is 2.06. The van der Waals surface area contributed by atoms with Crippen LogP contribution in [0.1, 0.15) is 6.42 Å². The number of allylic oxidation sites excluding steroid dienone is 2. The quantitative estimate of drug-likeness (QED) is 0.521. The maximum absolute atomic E-state index is 11.4. The summed E-state index contributed by atoms with van der Waals surface area (Å²) in [6.45, 7) is 0. The minimum atomic E-state index is -0.891. The molecule has 0 radical (unpaired) electrons. The molecule has 0 aromatic heterocycles. The van der Waals surface area contributed by atoms with Gasteiger partial charge in [-0.3, -0.25) is 9.59 Å². The summed E-state index contributed by atoms with van der Waals surface area (Å²) in [5.41, 5.74) is 0. The summed E-state index contributed by atoms with van der Waals surface area (Å²) in [4.78, 5) is 22.4. The third-order valence-electron chi connectivity index (χ3n) is 3.22. The van der Waals surface area contributed by atoms with E-state index in [4.69, 9.17) is 5.11 Å². The molecule has 0 aromatic carbocycles. The number of methoxy groups -OCH3 is 1. The lowest BCUT2D eigenvalue weighted by Gasteiger charge is -2.21. The van der Waals surface area contributed by atoms with E-state index in [1.807, 2.05) is 12.2 Å². The highest BCUT2D eigenvalue weighted by Gasteiger charge is 2.52. The largest absolute Gasteiger partial charge is 0.481 e. The van der Waals surface area contributed by atoms with E-state index < -0.39 is 23.8 Å². The molecule has 4 atom stereocenters. The fourth-order valence-electron chi connectivity index (χ4n) is 2.62. The zero-order valence-electron chi connectivity index (χ0n) is 7.84. The molecule has 1 unspecified atom stereocenters. The fraction of sp³-hybridized carbons (Fsp3) is 0.600. The summed E-state index contributed by atoms with van der Waals surface area (Å²) in [6, 6.07) is 0. The van der Waals surface area contributed by atoms with Crippen LogP contribution in [0.5, 0.6) is 0 Å². The van der Waals surface area contributed by atoms with Crippen LogP contribution in [-0.2, 0) is 14.3 Å². The van der Waals surface area contributed by atoms with Crippen LogP contribution in [0.3, 0.4) is 0 Å². The summed E-state index contributed by atoms with van der Waals surface area (Å²) in [7, 11) is 1.30. The van der Waals surface area contributed by atoms with Gasteiger partial charge in [-0.1, -0.05) is 12.2 Å². The van der Waals surface area contributed by atoms with Crippen molar-refractivity contribution in [3.05, 3.63) is 12.2 Å². The van der Waals surface area contributed by atoms with Gasteiger partial charge in [0.05, 0.1) is 18.9 Å². The van der Waals surface area contributed by atoms with Gasteiger partial charge in [-0.15, -0.1) is 0 Å². The standard InChI is InChI=1S/C10H12O4/c1-14-10(13)8-6-3-2-5(4-6)7(8)9(11)12/h2-3,5-8H,4H2,1H3,(H,11,12)/t5?,6-,7+,8-/m1/s1. The van der Waals surface area contributed by atoms with Gasteiger partial charge in [0.2, 0.25) is 0 Å². The topological polar surface area (TPSA) is 63.6 Å². The lowest BCUT2D eigenvalue weighted by molar-refractivity contribution is -0.156. The van der Waals surface area contributed by atoms with Crippen LogP contribution in [0.2, 0.25) is 0 Å². The number of hydrogen-bond donors (Lipinski definition) is 1. The Morgan fingerprint density at radius 1 is 1.29 bits per heavy atom. The van der Waals surface area contributed by atoms with Gasteiger partial charge in [0.15, 0.2) is 0 Å². The molecule has 0 spiro atoms. The first kappa shape index (κ1) is 9.24. The van der Waals surface area contributed by atoms with Gasteiger partial charge in [-0.2, -0.15) is 0 Å². The first-order valence-electron chi connectivity index (χ1n) is 4.64. The molecule has 2 aliphatic rings. The highest BCUT2D eigenvalue weighted by molar-refractivity contribution is 5.83. The number of carboxylic acids is 1. The van der Waals surface area contributed by atoms with Gasteiger partial charge in [0, 0.05) is 0 Å². The SMILES string of the molecule is COC(=O)[C@@H]1[C@@H]2C=CC(C2)[C@@H]1C(=O)O. The van der Waals surface area contributed by atoms with Crippen LogP contribution in [0.15, 0.2) is 12.2 Å². The number of esters is 1. The summed E-state index contributed by atoms with van der Waals surface area (Å²) >= 11 is 0. The second kappa shape index (κ2) is 3.12. The maximum atomic E-state index is 11.4. The molecular formula is C10H12O4. The van der Waals surface area contributed by atoms with E-state index in [1.165, 1.54) is 7.11 Å². The van der Waals surface area contributed by atoms with Crippen molar-refractivity contribution in [1.29, 1.82) is 0 Å². The van der Waals surface area contributed by atoms with Crippen molar-refractivity contribution in [2.24, 2.45) is 23.7 Å². The van der Waals surface area contributed by atoms with Crippen molar-refractivity contribution < 1.29 is 19.4 Å². The smallest absolute Gasteiger partial charge is 0.310 e. The second-order valence-corrected chi connectivity index (χ2v) is 3.86. The Morgan fingerprint density at radius 3 is 2.36 bits per heavy atom. The Labute approximate surface area is 81.6 Å². The van der Waals surface area contributed by atoms with Crippen LogP contribution < -0.4 is 0 Å². The van der Waals surface area contributed by atoms with Crippen LogP contribution in [-0.4, -0.2) is 24.2 Å². The number of carboxylic acid groups (broad SMARTS) is 1. The van der Waals surface area contributed by atoms with E-state index in [-0.39, 0.29) is 11.8 Å². The van der Waals surface area contributed by atoms with E-state index >= 15 is 0 Å². The maximum Gasteiger partial charge on any atom is 0.310 e. The molecular weight excluding hydrogens is 184 g/mol. The lowest BCUT2D eigenvalue weighted by atomic mass is 9.83. The summed E-state index contributed by atoms with van der Waals surface area (Å²) < 4.78 is 4.63. The monoisotopic (exact) mass is 196 g/mol. The van der Waals surface area contributed by atoms with Crippen LogP contribution >= 0.6 is 0 Å². The Bertz CT molecular complexity index is 307. The normalized spacial score (nSPS) is 38.6. The average Bonchev–Trinajstić information content (AvgIpc) is 2.74. The highest BCUT2D eigenvalue weighted by atomic mass is 16.5. The third-order valence-corrected chi connectivity index (χ3v) is 3.22. The number of fused-ring (bicyclic) bond motifs is 2. The van der Waals surface area contributed by atoms with Crippen molar-refractivity contribution in [3.63, 3.8) is 0 Å². The number of rotatable bonds is 2. The minimum Gasteiger partial charge on any atom is -0.481 e. The molecule has 2 rings (SSSR count). The number of ether oxygens (including phenoxy) is 1. The third kappa shape index (κ3) is 1.14. The Hall–Kier alpha value is -1.32. The minimum absolute atomic E-state index is 0.0154. The predicted molar refractivity (Wildman–Crippen MR) is 47.4 cm³/mol. The Morgan fingerprint density at radius 2 is 1.86 bits per heavy atom. The zero-order chi connectivity index (χ0) is 10.3. The van der Waals surface area contributed by atoms with Crippen LogP contribution in [0.4, 0.5) is 0 Å². The molecule has 1 saturated carbocycles. The molecule has 0 heterocycles. The van der Waals surface area contributed by atoms with Crippen molar-refractivity contribution >= 4 is 11.9 Å².